The highest BCUT2D eigenvalue weighted by Crippen LogP contribution is 2.12. The maximum atomic E-state index is 5.85. The summed E-state index contributed by atoms with van der Waals surface area (Å²) in [7, 11) is 0. The third-order valence-corrected chi connectivity index (χ3v) is 3.00. The zero-order chi connectivity index (χ0) is 13.0. The summed E-state index contributed by atoms with van der Waals surface area (Å²) >= 11 is 9.24. The first kappa shape index (κ1) is 13.5. The molecule has 0 radical (unpaired) electrons. The van der Waals surface area contributed by atoms with Gasteiger partial charge in [0, 0.05) is 10.2 Å². The van der Waals surface area contributed by atoms with E-state index in [4.69, 9.17) is 16.3 Å². The molecule has 94 valence electrons. The first-order valence-electron chi connectivity index (χ1n) is 5.46. The summed E-state index contributed by atoms with van der Waals surface area (Å²) < 4.78 is 6.61. The van der Waals surface area contributed by atoms with E-state index in [2.05, 4.69) is 25.9 Å². The van der Waals surface area contributed by atoms with Crippen molar-refractivity contribution in [2.24, 2.45) is 0 Å². The van der Waals surface area contributed by atoms with Crippen LogP contribution < -0.4 is 0 Å². The van der Waals surface area contributed by atoms with Crippen LogP contribution in [0.2, 0.25) is 5.15 Å². The fraction of sp³-hybridized carbons (Fsp3) is 0.231. The van der Waals surface area contributed by atoms with Crippen LogP contribution in [-0.2, 0) is 18.0 Å². The van der Waals surface area contributed by atoms with E-state index in [1.54, 1.807) is 6.07 Å². The predicted molar refractivity (Wildman–Crippen MR) is 74.4 cm³/mol. The summed E-state index contributed by atoms with van der Waals surface area (Å²) in [6, 6.07) is 9.71. The fourth-order valence-electron chi connectivity index (χ4n) is 1.49. The minimum absolute atomic E-state index is 0.359. The Labute approximate surface area is 119 Å². The Morgan fingerprint density at radius 2 is 1.89 bits per heavy atom. The summed E-state index contributed by atoms with van der Waals surface area (Å²) in [5.41, 5.74) is 1.95. The van der Waals surface area contributed by atoms with Gasteiger partial charge in [-0.1, -0.05) is 39.7 Å². The van der Waals surface area contributed by atoms with Gasteiger partial charge in [-0.05, 0) is 30.7 Å². The molecular weight excluding hydrogens is 316 g/mol. The molecule has 0 aliphatic rings. The van der Waals surface area contributed by atoms with E-state index >= 15 is 0 Å². The predicted octanol–water partition coefficient (Wildman–Crippen LogP) is 3.92. The number of rotatable bonds is 4. The van der Waals surface area contributed by atoms with Crippen molar-refractivity contribution in [1.29, 1.82) is 0 Å². The van der Waals surface area contributed by atoms with Crippen molar-refractivity contribution in [2.75, 3.05) is 0 Å². The second kappa shape index (κ2) is 6.27. The van der Waals surface area contributed by atoms with Crippen molar-refractivity contribution < 1.29 is 4.74 Å². The van der Waals surface area contributed by atoms with Gasteiger partial charge >= 0.3 is 0 Å². The van der Waals surface area contributed by atoms with Gasteiger partial charge in [-0.3, -0.25) is 0 Å². The van der Waals surface area contributed by atoms with E-state index in [1.807, 2.05) is 31.2 Å². The molecule has 18 heavy (non-hydrogen) atoms. The molecule has 3 nitrogen and oxygen atoms in total. The van der Waals surface area contributed by atoms with E-state index in [1.165, 1.54) is 0 Å². The number of nitrogens with zero attached hydrogens (tertiary/aromatic N) is 2. The molecule has 0 aliphatic carbocycles. The third kappa shape index (κ3) is 4.05. The lowest BCUT2D eigenvalue weighted by Crippen LogP contribution is -2.01. The van der Waals surface area contributed by atoms with Gasteiger partial charge in [-0.2, -0.15) is 0 Å². The Hall–Kier alpha value is -0.970. The third-order valence-electron chi connectivity index (χ3n) is 2.28. The first-order valence-corrected chi connectivity index (χ1v) is 6.63. The molecule has 2 rings (SSSR count). The molecule has 1 aromatic carbocycles. The molecular formula is C13H12BrClN2O. The average molecular weight is 328 g/mol. The Morgan fingerprint density at radius 3 is 2.56 bits per heavy atom. The molecule has 1 heterocycles. The van der Waals surface area contributed by atoms with Gasteiger partial charge in [0.05, 0.1) is 6.61 Å². The summed E-state index contributed by atoms with van der Waals surface area (Å²) in [4.78, 5) is 8.35. The van der Waals surface area contributed by atoms with Gasteiger partial charge in [0.25, 0.3) is 0 Å². The molecule has 0 saturated heterocycles. The van der Waals surface area contributed by atoms with Crippen molar-refractivity contribution in [1.82, 2.24) is 9.97 Å². The molecule has 0 N–H and O–H groups in total. The number of benzene rings is 1. The number of hydrogen-bond acceptors (Lipinski definition) is 3. The Kier molecular flexibility index (Phi) is 4.69. The molecule has 5 heteroatoms. The molecule has 0 bridgehead atoms. The van der Waals surface area contributed by atoms with Gasteiger partial charge in [0.1, 0.15) is 11.8 Å². The van der Waals surface area contributed by atoms with E-state index in [0.29, 0.717) is 24.2 Å². The van der Waals surface area contributed by atoms with Crippen LogP contribution in [0, 0.1) is 6.92 Å². The standard InChI is InChI=1S/C13H12BrClN2O/c1-9-6-12(15)17-13(16-9)8-18-7-10-2-4-11(14)5-3-10/h2-6H,7-8H2,1H3. The summed E-state index contributed by atoms with van der Waals surface area (Å²) in [5, 5.41) is 0.449. The van der Waals surface area contributed by atoms with Crippen LogP contribution in [0.3, 0.4) is 0 Å². The number of aromatic nitrogens is 2. The SMILES string of the molecule is Cc1cc(Cl)nc(COCc2ccc(Br)cc2)n1. The number of halogens is 2. The maximum Gasteiger partial charge on any atom is 0.155 e. The van der Waals surface area contributed by atoms with E-state index in [9.17, 15) is 0 Å². The lowest BCUT2D eigenvalue weighted by atomic mass is 10.2. The zero-order valence-electron chi connectivity index (χ0n) is 9.86. The molecule has 0 saturated carbocycles. The highest BCUT2D eigenvalue weighted by Gasteiger charge is 2.01. The number of hydrogen-bond donors (Lipinski definition) is 0. The summed E-state index contributed by atoms with van der Waals surface area (Å²) in [6.45, 7) is 2.77. The largest absolute Gasteiger partial charge is 0.369 e. The van der Waals surface area contributed by atoms with Crippen molar-refractivity contribution in [3.8, 4) is 0 Å². The van der Waals surface area contributed by atoms with Crippen molar-refractivity contribution in [2.45, 2.75) is 20.1 Å². The second-order valence-corrected chi connectivity index (χ2v) is 5.17. The van der Waals surface area contributed by atoms with E-state index in [0.717, 1.165) is 15.7 Å². The van der Waals surface area contributed by atoms with Crippen LogP contribution >= 0.6 is 27.5 Å². The molecule has 2 aromatic rings. The highest BCUT2D eigenvalue weighted by atomic mass is 79.9. The minimum Gasteiger partial charge on any atom is -0.369 e. The van der Waals surface area contributed by atoms with Gasteiger partial charge < -0.3 is 4.74 Å². The zero-order valence-corrected chi connectivity index (χ0v) is 12.2. The first-order chi connectivity index (χ1) is 8.63. The van der Waals surface area contributed by atoms with Crippen LogP contribution in [-0.4, -0.2) is 9.97 Å². The smallest absolute Gasteiger partial charge is 0.155 e. The molecule has 0 fully saturated rings. The number of ether oxygens (including phenoxy) is 1. The van der Waals surface area contributed by atoms with Crippen molar-refractivity contribution >= 4 is 27.5 Å². The van der Waals surface area contributed by atoms with E-state index < -0.39 is 0 Å². The average Bonchev–Trinajstić information content (AvgIpc) is 2.30. The molecule has 0 atom stereocenters. The van der Waals surface area contributed by atoms with Crippen LogP contribution in [0.5, 0.6) is 0 Å². The maximum absolute atomic E-state index is 5.85. The Bertz CT molecular complexity index is 511. The normalized spacial score (nSPS) is 10.6. The quantitative estimate of drug-likeness (QED) is 0.798. The minimum atomic E-state index is 0.359. The topological polar surface area (TPSA) is 35.0 Å². The van der Waals surface area contributed by atoms with Crippen LogP contribution in [0.25, 0.3) is 0 Å². The fourth-order valence-corrected chi connectivity index (χ4v) is 2.01. The van der Waals surface area contributed by atoms with Gasteiger partial charge in [-0.25, -0.2) is 9.97 Å². The molecule has 0 aliphatic heterocycles. The van der Waals surface area contributed by atoms with Gasteiger partial charge in [0.2, 0.25) is 0 Å². The molecule has 0 unspecified atom stereocenters. The van der Waals surface area contributed by atoms with Crippen molar-refractivity contribution in [3.05, 3.63) is 57.0 Å². The Balaban J connectivity index is 1.90. The highest BCUT2D eigenvalue weighted by molar-refractivity contribution is 9.10. The van der Waals surface area contributed by atoms with Gasteiger partial charge in [-0.15, -0.1) is 0 Å². The molecule has 0 amide bonds. The van der Waals surface area contributed by atoms with Crippen molar-refractivity contribution in [3.63, 3.8) is 0 Å². The summed E-state index contributed by atoms with van der Waals surface area (Å²) in [5.74, 6) is 0.608. The lowest BCUT2D eigenvalue weighted by Gasteiger charge is -2.05. The van der Waals surface area contributed by atoms with Crippen LogP contribution in [0.15, 0.2) is 34.8 Å². The Morgan fingerprint density at radius 1 is 1.17 bits per heavy atom. The molecule has 0 spiro atoms. The lowest BCUT2D eigenvalue weighted by molar-refractivity contribution is 0.101. The summed E-state index contributed by atoms with van der Waals surface area (Å²) in [6.07, 6.45) is 0. The monoisotopic (exact) mass is 326 g/mol. The van der Waals surface area contributed by atoms with Crippen LogP contribution in [0.1, 0.15) is 17.1 Å². The van der Waals surface area contributed by atoms with E-state index in [-0.39, 0.29) is 0 Å². The van der Waals surface area contributed by atoms with Gasteiger partial charge in [0.15, 0.2) is 5.82 Å². The second-order valence-electron chi connectivity index (χ2n) is 3.87. The molecule has 1 aromatic heterocycles. The number of aryl methyl sites for hydroxylation is 1. The van der Waals surface area contributed by atoms with Crippen LogP contribution in [0.4, 0.5) is 0 Å².